The average Bonchev–Trinajstić information content (AvgIpc) is 3.48. The number of nitrogens with zero attached hydrogens (tertiary/aromatic N) is 8. The van der Waals surface area contributed by atoms with E-state index in [9.17, 15) is 20.0 Å². The number of nitriles is 1. The first-order valence-corrected chi connectivity index (χ1v) is 16.1. The smallest absolute Gasteiger partial charge is 0.407 e. The maximum Gasteiger partial charge on any atom is 0.407 e. The first-order valence-electron chi connectivity index (χ1n) is 16.1. The number of carbonyl (C=O) groups excluding carboxylic acids is 1. The van der Waals surface area contributed by atoms with Crippen molar-refractivity contribution in [3.63, 3.8) is 0 Å². The number of benzene rings is 2. The van der Waals surface area contributed by atoms with E-state index in [-0.39, 0.29) is 41.3 Å². The molecule has 4 heterocycles. The Labute approximate surface area is 283 Å². The van der Waals surface area contributed by atoms with Crippen molar-refractivity contribution in [2.24, 2.45) is 0 Å². The molecule has 2 fully saturated rings. The van der Waals surface area contributed by atoms with Crippen LogP contribution in [0, 0.1) is 17.1 Å². The topological polar surface area (TPSA) is 167 Å². The number of para-hydroxylation sites is 1. The number of aromatic nitrogens is 4. The Morgan fingerprint density at radius 3 is 2.57 bits per heavy atom. The molecule has 0 radical (unpaired) electrons. The van der Waals surface area contributed by atoms with E-state index in [4.69, 9.17) is 15.6 Å². The molecule has 4 aromatic rings. The lowest BCUT2D eigenvalue weighted by Gasteiger charge is -2.45. The number of carbonyl (C=O) groups is 2. The predicted octanol–water partition coefficient (Wildman–Crippen LogP) is 5.08. The number of ether oxygens (including phenoxy) is 1. The SMILES string of the molecule is CC1CN(C(C)(C)C=C(C#N)C(=O)N2CCCC(n3nc(-c4ccc(Oc5ccccc5)cc4F)c4c(N)ncnc43)C2)CCN1C(=O)O. The second-order valence-electron chi connectivity index (χ2n) is 12.9. The van der Waals surface area contributed by atoms with Crippen LogP contribution in [0.15, 0.2) is 66.5 Å². The summed E-state index contributed by atoms with van der Waals surface area (Å²) in [5.41, 5.74) is 6.53. The molecule has 49 heavy (non-hydrogen) atoms. The monoisotopic (exact) mass is 667 g/mol. The molecule has 0 bridgehead atoms. The molecule has 2 saturated heterocycles. The molecule has 3 N–H and O–H groups in total. The van der Waals surface area contributed by atoms with E-state index in [0.717, 1.165) is 0 Å². The number of hydrogen-bond acceptors (Lipinski definition) is 9. The summed E-state index contributed by atoms with van der Waals surface area (Å²) in [6, 6.07) is 15.1. The molecular formula is C35H38FN9O4. The highest BCUT2D eigenvalue weighted by Crippen LogP contribution is 2.36. The predicted molar refractivity (Wildman–Crippen MR) is 180 cm³/mol. The second kappa shape index (κ2) is 13.5. The van der Waals surface area contributed by atoms with Gasteiger partial charge in [-0.2, -0.15) is 10.4 Å². The number of hydrogen-bond donors (Lipinski definition) is 2. The number of piperazine rings is 1. The van der Waals surface area contributed by atoms with E-state index in [1.54, 1.807) is 39.9 Å². The summed E-state index contributed by atoms with van der Waals surface area (Å²) < 4.78 is 23.1. The molecule has 254 valence electrons. The van der Waals surface area contributed by atoms with E-state index in [1.165, 1.54) is 17.3 Å². The maximum absolute atomic E-state index is 15.7. The number of halogens is 1. The van der Waals surface area contributed by atoms with Crippen molar-refractivity contribution < 1.29 is 23.8 Å². The Hall–Kier alpha value is -5.55. The first kappa shape index (κ1) is 33.4. The van der Waals surface area contributed by atoms with Gasteiger partial charge in [0.05, 0.1) is 11.4 Å². The Kier molecular flexibility index (Phi) is 9.20. The van der Waals surface area contributed by atoms with Crippen molar-refractivity contribution in [2.45, 2.75) is 51.2 Å². The lowest BCUT2D eigenvalue weighted by Crippen LogP contribution is -2.58. The molecule has 2 aliphatic rings. The summed E-state index contributed by atoms with van der Waals surface area (Å²) in [6.45, 7) is 7.65. The van der Waals surface area contributed by atoms with E-state index in [0.29, 0.717) is 61.6 Å². The number of nitrogens with two attached hydrogens (primary N) is 1. The standard InChI is InChI=1S/C35H38FN9O4/c1-22-19-43(14-15-44(22)34(47)48)35(2,3)17-23(18-37)33(46)42-13-7-8-24(20-42)45-32-29(31(38)39-21-40-32)30(41-45)27-12-11-26(16-28(27)36)49-25-9-5-4-6-10-25/h4-6,9-12,16-17,21-22,24H,7-8,13-15,19-20H2,1-3H3,(H,47,48)(H2,38,39,40). The van der Waals surface area contributed by atoms with Gasteiger partial charge in [-0.15, -0.1) is 0 Å². The molecule has 14 heteroatoms. The van der Waals surface area contributed by atoms with Crippen LogP contribution < -0.4 is 10.5 Å². The molecule has 0 aliphatic carbocycles. The number of rotatable bonds is 7. The molecule has 6 rings (SSSR count). The number of piperidine rings is 1. The normalized spacial score (nSPS) is 19.1. The maximum atomic E-state index is 15.7. The van der Waals surface area contributed by atoms with Crippen molar-refractivity contribution in [3.05, 3.63) is 72.3 Å². The zero-order chi connectivity index (χ0) is 34.9. The summed E-state index contributed by atoms with van der Waals surface area (Å²) in [5, 5.41) is 24.8. The van der Waals surface area contributed by atoms with Crippen LogP contribution in [0.25, 0.3) is 22.3 Å². The van der Waals surface area contributed by atoms with E-state index >= 15 is 4.39 Å². The molecule has 2 amide bonds. The Balaban J connectivity index is 1.25. The fraction of sp³-hybridized carbons (Fsp3) is 0.371. The van der Waals surface area contributed by atoms with E-state index in [2.05, 4.69) is 20.9 Å². The number of anilines is 1. The first-order chi connectivity index (χ1) is 23.5. The molecule has 2 atom stereocenters. The molecule has 0 spiro atoms. The van der Waals surface area contributed by atoms with Crippen LogP contribution in [-0.4, -0.2) is 95.9 Å². The average molecular weight is 668 g/mol. The third-order valence-corrected chi connectivity index (χ3v) is 9.26. The Morgan fingerprint density at radius 2 is 1.88 bits per heavy atom. The van der Waals surface area contributed by atoms with Crippen molar-refractivity contribution in [2.75, 3.05) is 38.5 Å². The van der Waals surface area contributed by atoms with E-state index in [1.807, 2.05) is 39.0 Å². The summed E-state index contributed by atoms with van der Waals surface area (Å²) in [5.74, 6) is 0.0830. The fourth-order valence-electron chi connectivity index (χ4n) is 6.68. The zero-order valence-corrected chi connectivity index (χ0v) is 27.6. The van der Waals surface area contributed by atoms with Crippen LogP contribution in [-0.2, 0) is 4.79 Å². The van der Waals surface area contributed by atoms with Gasteiger partial charge in [-0.3, -0.25) is 9.69 Å². The van der Waals surface area contributed by atoms with Gasteiger partial charge in [-0.25, -0.2) is 23.8 Å². The molecule has 2 aliphatic heterocycles. The van der Waals surface area contributed by atoms with Crippen molar-refractivity contribution in [1.29, 1.82) is 5.26 Å². The third-order valence-electron chi connectivity index (χ3n) is 9.26. The number of nitrogen functional groups attached to an aromatic ring is 1. The van der Waals surface area contributed by atoms with Crippen LogP contribution in [0.1, 0.15) is 39.7 Å². The Bertz CT molecular complexity index is 1960. The number of fused-ring (bicyclic) bond motifs is 1. The van der Waals surface area contributed by atoms with Crippen molar-refractivity contribution >= 4 is 28.9 Å². The van der Waals surface area contributed by atoms with Crippen LogP contribution in [0.5, 0.6) is 11.5 Å². The molecule has 0 saturated carbocycles. The molecule has 2 unspecified atom stereocenters. The highest BCUT2D eigenvalue weighted by molar-refractivity contribution is 5.99. The highest BCUT2D eigenvalue weighted by Gasteiger charge is 2.36. The number of likely N-dealkylation sites (tertiary alicyclic amines) is 1. The van der Waals surface area contributed by atoms with Crippen LogP contribution >= 0.6 is 0 Å². The van der Waals surface area contributed by atoms with Crippen molar-refractivity contribution in [3.8, 4) is 28.8 Å². The zero-order valence-electron chi connectivity index (χ0n) is 27.6. The summed E-state index contributed by atoms with van der Waals surface area (Å²) in [4.78, 5) is 39.1. The Morgan fingerprint density at radius 1 is 1.10 bits per heavy atom. The van der Waals surface area contributed by atoms with Gasteiger partial charge in [0.2, 0.25) is 0 Å². The van der Waals surface area contributed by atoms with Crippen LogP contribution in [0.4, 0.5) is 15.0 Å². The third kappa shape index (κ3) is 6.75. The summed E-state index contributed by atoms with van der Waals surface area (Å²) >= 11 is 0. The lowest BCUT2D eigenvalue weighted by atomic mass is 9.95. The van der Waals surface area contributed by atoms with Gasteiger partial charge in [-0.05, 0) is 64.0 Å². The number of amides is 2. The summed E-state index contributed by atoms with van der Waals surface area (Å²) in [7, 11) is 0. The largest absolute Gasteiger partial charge is 0.465 e. The van der Waals surface area contributed by atoms with Gasteiger partial charge < -0.3 is 25.4 Å². The molecule has 13 nitrogen and oxygen atoms in total. The van der Waals surface area contributed by atoms with Crippen LogP contribution in [0.2, 0.25) is 0 Å². The fourth-order valence-corrected chi connectivity index (χ4v) is 6.68. The minimum Gasteiger partial charge on any atom is -0.465 e. The van der Waals surface area contributed by atoms with Crippen molar-refractivity contribution in [1.82, 2.24) is 34.4 Å². The van der Waals surface area contributed by atoms with Gasteiger partial charge in [0, 0.05) is 55.9 Å². The summed E-state index contributed by atoms with van der Waals surface area (Å²) in [6.07, 6.45) is 3.35. The van der Waals surface area contributed by atoms with Crippen LogP contribution in [0.3, 0.4) is 0 Å². The van der Waals surface area contributed by atoms with Gasteiger partial charge in [0.25, 0.3) is 5.91 Å². The minimum absolute atomic E-state index is 0.0106. The lowest BCUT2D eigenvalue weighted by molar-refractivity contribution is -0.128. The van der Waals surface area contributed by atoms with Gasteiger partial charge in [-0.1, -0.05) is 18.2 Å². The molecular weight excluding hydrogens is 629 g/mol. The molecule has 2 aromatic heterocycles. The second-order valence-corrected chi connectivity index (χ2v) is 12.9. The molecule has 2 aromatic carbocycles. The number of carboxylic acid groups (broad SMARTS) is 1. The minimum atomic E-state index is -0.962. The van der Waals surface area contributed by atoms with E-state index < -0.39 is 23.4 Å². The van der Waals surface area contributed by atoms with Gasteiger partial charge >= 0.3 is 6.09 Å². The van der Waals surface area contributed by atoms with Gasteiger partial charge in [0.1, 0.15) is 46.8 Å². The van der Waals surface area contributed by atoms with Gasteiger partial charge in [0.15, 0.2) is 5.65 Å². The highest BCUT2D eigenvalue weighted by atomic mass is 19.1. The quantitative estimate of drug-likeness (QED) is 0.200.